The molecule has 1 aliphatic carbocycles. The Hall–Kier alpha value is -2.44. The lowest BCUT2D eigenvalue weighted by Gasteiger charge is -2.42. The number of carbonyl (C=O) groups excluding carboxylic acids is 2. The Balaban J connectivity index is 1.38. The van der Waals surface area contributed by atoms with Crippen molar-refractivity contribution in [3.63, 3.8) is 0 Å². The monoisotopic (exact) mass is 467 g/mol. The number of hydrogen-bond donors (Lipinski definition) is 2. The summed E-state index contributed by atoms with van der Waals surface area (Å²) in [5.41, 5.74) is 6.47. The van der Waals surface area contributed by atoms with Crippen LogP contribution in [-0.4, -0.2) is 31.9 Å². The van der Waals surface area contributed by atoms with E-state index >= 15 is 0 Å². The van der Waals surface area contributed by atoms with Gasteiger partial charge in [-0.2, -0.15) is 0 Å². The molecule has 1 aliphatic heterocycles. The van der Waals surface area contributed by atoms with Crippen molar-refractivity contribution in [2.75, 3.05) is 0 Å². The van der Waals surface area contributed by atoms with Gasteiger partial charge in [0.05, 0.1) is 5.25 Å². The van der Waals surface area contributed by atoms with Crippen LogP contribution in [0.4, 0.5) is 0 Å². The summed E-state index contributed by atoms with van der Waals surface area (Å²) in [5, 5.41) is 2.99. The maximum Gasteiger partial charge on any atom is 0.286 e. The summed E-state index contributed by atoms with van der Waals surface area (Å²) in [7, 11) is 0. The van der Waals surface area contributed by atoms with Crippen LogP contribution < -0.4 is 5.43 Å². The zero-order chi connectivity index (χ0) is 22.5. The SMILES string of the molecule is Cc1c(C(=O)NN2C(=O)C(C)SC23CCC(c2ccccc2)CC3)[nH]c2ccc(Cl)cc12. The van der Waals surface area contributed by atoms with Gasteiger partial charge in [-0.3, -0.25) is 15.0 Å². The van der Waals surface area contributed by atoms with Gasteiger partial charge in [-0.05, 0) is 74.8 Å². The molecule has 1 saturated heterocycles. The largest absolute Gasteiger partial charge is 0.350 e. The first kappa shape index (κ1) is 21.4. The molecule has 0 radical (unpaired) electrons. The highest BCUT2D eigenvalue weighted by Gasteiger charge is 2.52. The second-order valence-electron chi connectivity index (χ2n) is 8.82. The Morgan fingerprint density at radius 2 is 1.91 bits per heavy atom. The number of aromatic nitrogens is 1. The second-order valence-corrected chi connectivity index (χ2v) is 11.0. The van der Waals surface area contributed by atoms with E-state index < -0.39 is 0 Å². The third-order valence-electron chi connectivity index (χ3n) is 6.87. The van der Waals surface area contributed by atoms with Crippen LogP contribution >= 0.6 is 23.4 Å². The van der Waals surface area contributed by atoms with Gasteiger partial charge in [-0.1, -0.05) is 41.9 Å². The maximum absolute atomic E-state index is 13.3. The van der Waals surface area contributed by atoms with Gasteiger partial charge in [-0.15, -0.1) is 11.8 Å². The first-order chi connectivity index (χ1) is 15.4. The molecule has 2 aliphatic rings. The van der Waals surface area contributed by atoms with Crippen molar-refractivity contribution in [3.8, 4) is 0 Å². The van der Waals surface area contributed by atoms with Crippen molar-refractivity contribution in [2.45, 2.75) is 55.6 Å². The summed E-state index contributed by atoms with van der Waals surface area (Å²) in [6.45, 7) is 3.83. The van der Waals surface area contributed by atoms with Crippen molar-refractivity contribution < 1.29 is 9.59 Å². The van der Waals surface area contributed by atoms with Crippen LogP contribution in [0.1, 0.15) is 60.1 Å². The Morgan fingerprint density at radius 3 is 2.62 bits per heavy atom. The molecule has 2 fully saturated rings. The van der Waals surface area contributed by atoms with Crippen molar-refractivity contribution in [2.24, 2.45) is 0 Å². The number of nitrogens with zero attached hydrogens (tertiary/aromatic N) is 1. The fourth-order valence-corrected chi connectivity index (χ4v) is 6.87. The van der Waals surface area contributed by atoms with E-state index in [2.05, 4.69) is 34.7 Å². The normalized spacial score (nSPS) is 25.6. The van der Waals surface area contributed by atoms with Gasteiger partial charge in [-0.25, -0.2) is 5.01 Å². The molecule has 1 atom stereocenters. The lowest BCUT2D eigenvalue weighted by Crippen LogP contribution is -2.56. The van der Waals surface area contributed by atoms with E-state index in [-0.39, 0.29) is 21.9 Å². The molecule has 5 nitrogen and oxygen atoms in total. The summed E-state index contributed by atoms with van der Waals surface area (Å²) in [4.78, 5) is 29.1. The minimum atomic E-state index is -0.388. The zero-order valence-corrected chi connectivity index (χ0v) is 19.7. The van der Waals surface area contributed by atoms with E-state index in [1.54, 1.807) is 22.8 Å². The summed E-state index contributed by atoms with van der Waals surface area (Å²) in [6.07, 6.45) is 3.70. The summed E-state index contributed by atoms with van der Waals surface area (Å²) in [5.74, 6) is 0.174. The number of rotatable bonds is 3. The van der Waals surface area contributed by atoms with Gasteiger partial charge in [0.25, 0.3) is 11.8 Å². The van der Waals surface area contributed by atoms with Gasteiger partial charge in [0, 0.05) is 15.9 Å². The molecule has 1 aromatic heterocycles. The van der Waals surface area contributed by atoms with Crippen molar-refractivity contribution in [3.05, 3.63) is 70.4 Å². The minimum Gasteiger partial charge on any atom is -0.350 e. The summed E-state index contributed by atoms with van der Waals surface area (Å²) < 4.78 is 0. The molecule has 1 spiro atoms. The number of hydrogen-bond acceptors (Lipinski definition) is 3. The van der Waals surface area contributed by atoms with E-state index in [4.69, 9.17) is 11.6 Å². The van der Waals surface area contributed by atoms with Crippen LogP contribution in [0.15, 0.2) is 48.5 Å². The summed E-state index contributed by atoms with van der Waals surface area (Å²) in [6, 6.07) is 16.1. The van der Waals surface area contributed by atoms with E-state index in [1.807, 2.05) is 32.0 Å². The molecule has 1 unspecified atom stereocenters. The number of halogens is 1. The fourth-order valence-electron chi connectivity index (χ4n) is 5.12. The number of nitrogens with one attached hydrogen (secondary N) is 2. The molecule has 2 amide bonds. The average molecular weight is 468 g/mol. The lowest BCUT2D eigenvalue weighted by atomic mass is 9.81. The van der Waals surface area contributed by atoms with Crippen LogP contribution in [0.25, 0.3) is 10.9 Å². The predicted molar refractivity (Wildman–Crippen MR) is 130 cm³/mol. The van der Waals surface area contributed by atoms with Gasteiger partial charge >= 0.3 is 0 Å². The predicted octanol–water partition coefficient (Wildman–Crippen LogP) is 5.79. The molecule has 1 saturated carbocycles. The van der Waals surface area contributed by atoms with E-state index in [0.29, 0.717) is 16.6 Å². The quantitative estimate of drug-likeness (QED) is 0.512. The molecule has 0 bridgehead atoms. The molecular formula is C25H26ClN3O2S. The molecular weight excluding hydrogens is 442 g/mol. The van der Waals surface area contributed by atoms with Gasteiger partial charge in [0.2, 0.25) is 0 Å². The number of aryl methyl sites for hydroxylation is 1. The molecule has 2 N–H and O–H groups in total. The lowest BCUT2D eigenvalue weighted by molar-refractivity contribution is -0.135. The molecule has 2 heterocycles. The minimum absolute atomic E-state index is 0.0293. The Labute approximate surface area is 196 Å². The average Bonchev–Trinajstić information content (AvgIpc) is 3.24. The number of H-pyrrole nitrogens is 1. The molecule has 32 heavy (non-hydrogen) atoms. The van der Waals surface area contributed by atoms with Crippen LogP contribution in [0.5, 0.6) is 0 Å². The number of aromatic amines is 1. The number of thioether (sulfide) groups is 1. The van der Waals surface area contributed by atoms with Crippen LogP contribution in [0, 0.1) is 6.92 Å². The fraction of sp³-hybridized carbons (Fsp3) is 0.360. The van der Waals surface area contributed by atoms with Crippen LogP contribution in [-0.2, 0) is 4.79 Å². The zero-order valence-electron chi connectivity index (χ0n) is 18.2. The van der Waals surface area contributed by atoms with Crippen molar-refractivity contribution >= 4 is 46.1 Å². The second kappa shape index (κ2) is 8.16. The number of fused-ring (bicyclic) bond motifs is 1. The highest BCUT2D eigenvalue weighted by molar-refractivity contribution is 8.02. The van der Waals surface area contributed by atoms with E-state index in [1.165, 1.54) is 5.56 Å². The Kier molecular flexibility index (Phi) is 5.46. The van der Waals surface area contributed by atoms with Crippen LogP contribution in [0.3, 0.4) is 0 Å². The standard InChI is InChI=1S/C25H26ClN3O2S/c1-15-20-14-19(26)8-9-21(20)27-22(15)23(30)28-29-24(31)16(2)32-25(29)12-10-18(11-13-25)17-6-4-3-5-7-17/h3-9,14,16,18,27H,10-13H2,1-2H3,(H,28,30). The Morgan fingerprint density at radius 1 is 1.19 bits per heavy atom. The number of amides is 2. The van der Waals surface area contributed by atoms with Crippen molar-refractivity contribution in [1.82, 2.24) is 15.4 Å². The summed E-state index contributed by atoms with van der Waals surface area (Å²) >= 11 is 7.82. The van der Waals surface area contributed by atoms with Crippen molar-refractivity contribution in [1.29, 1.82) is 0 Å². The third-order valence-corrected chi connectivity index (χ3v) is 8.69. The first-order valence-corrected chi connectivity index (χ1v) is 12.3. The smallest absolute Gasteiger partial charge is 0.286 e. The highest BCUT2D eigenvalue weighted by atomic mass is 35.5. The van der Waals surface area contributed by atoms with Crippen LogP contribution in [0.2, 0.25) is 5.02 Å². The third kappa shape index (κ3) is 3.59. The first-order valence-electron chi connectivity index (χ1n) is 11.0. The van der Waals surface area contributed by atoms with E-state index in [9.17, 15) is 9.59 Å². The van der Waals surface area contributed by atoms with Gasteiger partial charge in [0.1, 0.15) is 10.6 Å². The maximum atomic E-state index is 13.3. The van der Waals surface area contributed by atoms with E-state index in [0.717, 1.165) is 42.1 Å². The molecule has 2 aromatic carbocycles. The highest BCUT2D eigenvalue weighted by Crippen LogP contribution is 2.52. The Bertz CT molecular complexity index is 1180. The molecule has 5 rings (SSSR count). The topological polar surface area (TPSA) is 65.2 Å². The van der Waals surface area contributed by atoms with Gasteiger partial charge < -0.3 is 4.98 Å². The number of hydrazine groups is 1. The number of benzene rings is 2. The van der Waals surface area contributed by atoms with Gasteiger partial charge in [0.15, 0.2) is 0 Å². The molecule has 3 aromatic rings. The number of carbonyl (C=O) groups is 2. The molecule has 166 valence electrons. The molecule has 7 heteroatoms.